The minimum Gasteiger partial charge on any atom is -0.455 e. The third kappa shape index (κ3) is 3.69. The second-order valence-corrected chi connectivity index (χ2v) is 9.89. The number of carbonyl (C=O) groups is 1. The standard InChI is InChI=1S/C19H23N5O4S2/c1-23(13-2-5-27-6-3-13)17-16-15(4-7-30(16)26)21-19(22-17)24-9-14(10-24)28-18(25)12-8-20-29-11-12/h8,11,13-14H,2-7,9-10H2,1H3/t30-/m1/s1. The van der Waals surface area contributed by atoms with Crippen LogP contribution in [0.3, 0.4) is 0 Å². The van der Waals surface area contributed by atoms with Gasteiger partial charge in [-0.05, 0) is 24.4 Å². The Bertz CT molecular complexity index is 958. The number of nitrogens with zero attached hydrogens (tertiary/aromatic N) is 5. The van der Waals surface area contributed by atoms with Crippen LogP contribution in [0, 0.1) is 0 Å². The van der Waals surface area contributed by atoms with E-state index < -0.39 is 10.8 Å². The highest BCUT2D eigenvalue weighted by Gasteiger charge is 2.36. The summed E-state index contributed by atoms with van der Waals surface area (Å²) in [5.74, 6) is 1.63. The molecule has 1 atom stereocenters. The van der Waals surface area contributed by atoms with Crippen LogP contribution in [0.4, 0.5) is 11.8 Å². The van der Waals surface area contributed by atoms with Gasteiger partial charge in [0.1, 0.15) is 11.0 Å². The fourth-order valence-electron chi connectivity index (χ4n) is 3.99. The molecule has 0 bridgehead atoms. The maximum absolute atomic E-state index is 12.6. The van der Waals surface area contributed by atoms with Crippen LogP contribution in [0.1, 0.15) is 28.9 Å². The van der Waals surface area contributed by atoms with Gasteiger partial charge >= 0.3 is 5.97 Å². The summed E-state index contributed by atoms with van der Waals surface area (Å²) in [5.41, 5.74) is 1.35. The molecular formula is C19H23N5O4S2. The summed E-state index contributed by atoms with van der Waals surface area (Å²) >= 11 is 1.23. The molecule has 0 amide bonds. The van der Waals surface area contributed by atoms with Crippen LogP contribution in [0.15, 0.2) is 16.5 Å². The molecule has 0 unspecified atom stereocenters. The van der Waals surface area contributed by atoms with Crippen molar-refractivity contribution in [1.82, 2.24) is 14.3 Å². The van der Waals surface area contributed by atoms with E-state index in [4.69, 9.17) is 19.4 Å². The fourth-order valence-corrected chi connectivity index (χ4v) is 5.88. The van der Waals surface area contributed by atoms with Crippen LogP contribution in [-0.2, 0) is 26.7 Å². The van der Waals surface area contributed by atoms with Crippen molar-refractivity contribution in [3.05, 3.63) is 22.8 Å². The quantitative estimate of drug-likeness (QED) is 0.625. The largest absolute Gasteiger partial charge is 0.455 e. The maximum Gasteiger partial charge on any atom is 0.341 e. The van der Waals surface area contributed by atoms with Crippen molar-refractivity contribution in [2.45, 2.75) is 36.3 Å². The van der Waals surface area contributed by atoms with Crippen LogP contribution in [0.2, 0.25) is 0 Å². The van der Waals surface area contributed by atoms with Crippen LogP contribution >= 0.6 is 11.5 Å². The Balaban J connectivity index is 1.33. The van der Waals surface area contributed by atoms with Crippen molar-refractivity contribution < 1.29 is 18.5 Å². The summed E-state index contributed by atoms with van der Waals surface area (Å²) < 4.78 is 27.6. The van der Waals surface area contributed by atoms with Gasteiger partial charge in [0.05, 0.1) is 41.3 Å². The van der Waals surface area contributed by atoms with Crippen LogP contribution in [-0.4, -0.2) is 75.8 Å². The molecule has 5 heterocycles. The van der Waals surface area contributed by atoms with Crippen LogP contribution in [0.25, 0.3) is 0 Å². The van der Waals surface area contributed by atoms with Gasteiger partial charge in [-0.25, -0.2) is 14.2 Å². The van der Waals surface area contributed by atoms with Crippen LogP contribution in [0.5, 0.6) is 0 Å². The molecule has 2 aromatic heterocycles. The first-order valence-electron chi connectivity index (χ1n) is 10.1. The van der Waals surface area contributed by atoms with Crippen molar-refractivity contribution >= 4 is 40.1 Å². The van der Waals surface area contributed by atoms with Gasteiger partial charge in [0.15, 0.2) is 5.82 Å². The summed E-state index contributed by atoms with van der Waals surface area (Å²) in [6.45, 7) is 2.56. The zero-order chi connectivity index (χ0) is 20.7. The number of hydrogen-bond acceptors (Lipinski definition) is 10. The van der Waals surface area contributed by atoms with Crippen molar-refractivity contribution in [2.75, 3.05) is 48.9 Å². The molecule has 2 saturated heterocycles. The average molecular weight is 450 g/mol. The second kappa shape index (κ2) is 8.20. The Hall–Kier alpha value is -2.11. The van der Waals surface area contributed by atoms with Crippen molar-refractivity contribution in [3.8, 4) is 0 Å². The van der Waals surface area contributed by atoms with E-state index in [1.54, 1.807) is 5.38 Å². The first kappa shape index (κ1) is 19.8. The Labute approximate surface area is 181 Å². The second-order valence-electron chi connectivity index (χ2n) is 7.72. The molecule has 160 valence electrons. The number of ether oxygens (including phenoxy) is 2. The molecule has 11 heteroatoms. The molecule has 2 fully saturated rings. The number of rotatable bonds is 5. The van der Waals surface area contributed by atoms with Gasteiger partial charge in [-0.3, -0.25) is 4.21 Å². The van der Waals surface area contributed by atoms with E-state index in [0.717, 1.165) is 42.5 Å². The van der Waals surface area contributed by atoms with Gasteiger partial charge in [-0.2, -0.15) is 4.98 Å². The van der Waals surface area contributed by atoms with E-state index in [9.17, 15) is 9.00 Å². The van der Waals surface area contributed by atoms with Gasteiger partial charge < -0.3 is 19.3 Å². The van der Waals surface area contributed by atoms with E-state index in [-0.39, 0.29) is 12.1 Å². The first-order chi connectivity index (χ1) is 14.6. The van der Waals surface area contributed by atoms with Gasteiger partial charge in [-0.15, -0.1) is 0 Å². The first-order valence-corrected chi connectivity index (χ1v) is 12.2. The molecule has 0 radical (unpaired) electrons. The van der Waals surface area contributed by atoms with E-state index in [1.165, 1.54) is 17.7 Å². The van der Waals surface area contributed by atoms with Gasteiger partial charge in [0.2, 0.25) is 5.95 Å². The molecule has 30 heavy (non-hydrogen) atoms. The zero-order valence-electron chi connectivity index (χ0n) is 16.7. The molecular weight excluding hydrogens is 426 g/mol. The summed E-state index contributed by atoms with van der Waals surface area (Å²) in [7, 11) is 0.959. The topological polar surface area (TPSA) is 97.8 Å². The van der Waals surface area contributed by atoms with Crippen molar-refractivity contribution in [2.24, 2.45) is 0 Å². The molecule has 3 aliphatic heterocycles. The number of aromatic nitrogens is 3. The Morgan fingerprint density at radius 1 is 1.33 bits per heavy atom. The van der Waals surface area contributed by atoms with E-state index in [0.29, 0.717) is 42.8 Å². The minimum atomic E-state index is -1.06. The van der Waals surface area contributed by atoms with Crippen LogP contribution < -0.4 is 9.80 Å². The van der Waals surface area contributed by atoms with Crippen molar-refractivity contribution in [3.63, 3.8) is 0 Å². The summed E-state index contributed by atoms with van der Waals surface area (Å²) in [5, 5.41) is 1.68. The lowest BCUT2D eigenvalue weighted by Gasteiger charge is -2.39. The number of carbonyl (C=O) groups excluding carboxylic acids is 1. The highest BCUT2D eigenvalue weighted by molar-refractivity contribution is 7.85. The normalized spacial score (nSPS) is 21.9. The molecule has 5 rings (SSSR count). The Morgan fingerprint density at radius 2 is 2.13 bits per heavy atom. The third-order valence-electron chi connectivity index (χ3n) is 5.80. The SMILES string of the molecule is CN(c1nc(N2CC(OC(=O)c3cnsc3)C2)nc2c1[S@](=O)CC2)C1CCOCC1. The Morgan fingerprint density at radius 3 is 2.87 bits per heavy atom. The Kier molecular flexibility index (Phi) is 5.42. The lowest BCUT2D eigenvalue weighted by Crippen LogP contribution is -2.54. The third-order valence-corrected chi connectivity index (χ3v) is 7.84. The van der Waals surface area contributed by atoms with Gasteiger partial charge in [-0.1, -0.05) is 0 Å². The fraction of sp³-hybridized carbons (Fsp3) is 0.579. The molecule has 0 spiro atoms. The summed E-state index contributed by atoms with van der Waals surface area (Å²) in [6.07, 6.45) is 3.88. The van der Waals surface area contributed by atoms with Gasteiger partial charge in [0, 0.05) is 43.9 Å². The molecule has 0 saturated carbocycles. The zero-order valence-corrected chi connectivity index (χ0v) is 18.3. The predicted octanol–water partition coefficient (Wildman–Crippen LogP) is 1.26. The number of aryl methyl sites for hydroxylation is 1. The summed E-state index contributed by atoms with van der Waals surface area (Å²) in [6, 6.07) is 0.313. The van der Waals surface area contributed by atoms with E-state index in [2.05, 4.69) is 9.27 Å². The molecule has 0 aromatic carbocycles. The van der Waals surface area contributed by atoms with Gasteiger partial charge in [0.25, 0.3) is 0 Å². The molecule has 3 aliphatic rings. The molecule has 0 N–H and O–H groups in total. The average Bonchev–Trinajstić information content (AvgIpc) is 3.40. The van der Waals surface area contributed by atoms with Crippen molar-refractivity contribution in [1.29, 1.82) is 0 Å². The van der Waals surface area contributed by atoms with E-state index in [1.807, 2.05) is 11.9 Å². The number of esters is 1. The van der Waals surface area contributed by atoms with E-state index >= 15 is 0 Å². The highest BCUT2D eigenvalue weighted by Crippen LogP contribution is 2.34. The predicted molar refractivity (Wildman–Crippen MR) is 113 cm³/mol. The smallest absolute Gasteiger partial charge is 0.341 e. The molecule has 2 aromatic rings. The monoisotopic (exact) mass is 449 g/mol. The maximum atomic E-state index is 12.6. The minimum absolute atomic E-state index is 0.194. The lowest BCUT2D eigenvalue weighted by atomic mass is 10.1. The molecule has 9 nitrogen and oxygen atoms in total. The lowest BCUT2D eigenvalue weighted by molar-refractivity contribution is 0.0231. The summed E-state index contributed by atoms with van der Waals surface area (Å²) in [4.78, 5) is 26.6. The number of fused-ring (bicyclic) bond motifs is 1. The molecule has 0 aliphatic carbocycles. The highest BCUT2D eigenvalue weighted by atomic mass is 32.2. The number of anilines is 2. The number of hydrogen-bond donors (Lipinski definition) is 0.